The highest BCUT2D eigenvalue weighted by atomic mass is 32.1. The van der Waals surface area contributed by atoms with E-state index in [0.29, 0.717) is 11.3 Å². The van der Waals surface area contributed by atoms with E-state index in [1.807, 2.05) is 18.2 Å². The van der Waals surface area contributed by atoms with Gasteiger partial charge in [-0.3, -0.25) is 9.69 Å². The van der Waals surface area contributed by atoms with E-state index in [1.165, 1.54) is 5.56 Å². The molecule has 0 atom stereocenters. The molecule has 20 heavy (non-hydrogen) atoms. The first-order valence-electron chi connectivity index (χ1n) is 6.58. The third-order valence-corrected chi connectivity index (χ3v) is 4.45. The second-order valence-electron chi connectivity index (χ2n) is 5.32. The molecule has 0 unspecified atom stereocenters. The van der Waals surface area contributed by atoms with Gasteiger partial charge < -0.3 is 10.1 Å². The number of benzene rings is 1. The van der Waals surface area contributed by atoms with Crippen LogP contribution >= 0.6 is 11.3 Å². The highest BCUT2D eigenvalue weighted by molar-refractivity contribution is 7.07. The number of thiophene rings is 1. The van der Waals surface area contributed by atoms with Crippen LogP contribution in [0.25, 0.3) is 0 Å². The van der Waals surface area contributed by atoms with E-state index in [0.717, 1.165) is 19.6 Å². The van der Waals surface area contributed by atoms with Crippen molar-refractivity contribution < 1.29 is 9.53 Å². The van der Waals surface area contributed by atoms with Crippen LogP contribution in [0.5, 0.6) is 5.75 Å². The molecule has 2 aliphatic rings. The fraction of sp³-hybridized carbons (Fsp3) is 0.267. The monoisotopic (exact) mass is 286 g/mol. The normalized spacial score (nSPS) is 19.9. The molecule has 1 aromatic heterocycles. The lowest BCUT2D eigenvalue weighted by atomic mass is 9.99. The van der Waals surface area contributed by atoms with Crippen molar-refractivity contribution in [2.45, 2.75) is 12.3 Å². The third kappa shape index (κ3) is 1.90. The molecule has 1 aromatic carbocycles. The highest BCUT2D eigenvalue weighted by Crippen LogP contribution is 2.33. The minimum Gasteiger partial charge on any atom is -0.464 e. The van der Waals surface area contributed by atoms with Crippen LogP contribution in [0.15, 0.2) is 41.1 Å². The van der Waals surface area contributed by atoms with Gasteiger partial charge in [0, 0.05) is 6.54 Å². The van der Waals surface area contributed by atoms with Crippen molar-refractivity contribution in [2.75, 3.05) is 13.1 Å². The molecule has 1 fully saturated rings. The lowest BCUT2D eigenvalue weighted by Crippen LogP contribution is -2.74. The molecule has 0 saturated carbocycles. The Bertz CT molecular complexity index is 648. The summed E-state index contributed by atoms with van der Waals surface area (Å²) in [6.07, 6.45) is 0. The summed E-state index contributed by atoms with van der Waals surface area (Å²) in [7, 11) is 0. The molecular formula is C15H14N2O2S. The molecule has 1 amide bonds. The summed E-state index contributed by atoms with van der Waals surface area (Å²) in [5.74, 6) is 0.647. The predicted molar refractivity (Wildman–Crippen MR) is 76.9 cm³/mol. The van der Waals surface area contributed by atoms with Crippen molar-refractivity contribution in [1.29, 1.82) is 0 Å². The Morgan fingerprint density at radius 3 is 2.95 bits per heavy atom. The first-order valence-corrected chi connectivity index (χ1v) is 7.52. The number of hydrogen-bond donors (Lipinski definition) is 1. The van der Waals surface area contributed by atoms with Gasteiger partial charge in [0.05, 0.1) is 18.7 Å². The number of carbonyl (C=O) groups is 1. The second-order valence-corrected chi connectivity index (χ2v) is 6.10. The first kappa shape index (κ1) is 11.9. The lowest BCUT2D eigenvalue weighted by Gasteiger charge is -2.51. The van der Waals surface area contributed by atoms with Crippen LogP contribution < -0.4 is 10.1 Å². The number of para-hydroxylation sites is 1. The summed E-state index contributed by atoms with van der Waals surface area (Å²) in [6.45, 7) is 2.36. The Hall–Kier alpha value is -1.85. The number of ether oxygens (including phenoxy) is 1. The van der Waals surface area contributed by atoms with Crippen molar-refractivity contribution in [3.8, 4) is 5.75 Å². The quantitative estimate of drug-likeness (QED) is 0.919. The van der Waals surface area contributed by atoms with Crippen LogP contribution in [0.4, 0.5) is 0 Å². The molecule has 1 spiro atoms. The molecule has 0 aliphatic carbocycles. The smallest absolute Gasteiger partial charge is 0.258 e. The average molecular weight is 286 g/mol. The van der Waals surface area contributed by atoms with E-state index in [1.54, 1.807) is 17.4 Å². The summed E-state index contributed by atoms with van der Waals surface area (Å²) in [5, 5.41) is 7.23. The number of nitrogens with zero attached hydrogens (tertiary/aromatic N) is 1. The van der Waals surface area contributed by atoms with Crippen molar-refractivity contribution in [3.63, 3.8) is 0 Å². The van der Waals surface area contributed by atoms with Crippen LogP contribution in [0, 0.1) is 0 Å². The summed E-state index contributed by atoms with van der Waals surface area (Å²) in [6, 6.07) is 9.53. The SMILES string of the molecule is O=C1NC2(CN(Cc3ccsc3)C2)Oc2ccccc21. The van der Waals surface area contributed by atoms with Gasteiger partial charge in [-0.05, 0) is 34.5 Å². The van der Waals surface area contributed by atoms with E-state index in [-0.39, 0.29) is 5.91 Å². The summed E-state index contributed by atoms with van der Waals surface area (Å²) in [5.41, 5.74) is 1.39. The molecule has 0 radical (unpaired) electrons. The zero-order valence-corrected chi connectivity index (χ0v) is 11.7. The fourth-order valence-electron chi connectivity index (χ4n) is 2.83. The third-order valence-electron chi connectivity index (χ3n) is 3.72. The molecule has 1 N–H and O–H groups in total. The van der Waals surface area contributed by atoms with E-state index >= 15 is 0 Å². The predicted octanol–water partition coefficient (Wildman–Crippen LogP) is 2.08. The van der Waals surface area contributed by atoms with Crippen molar-refractivity contribution in [3.05, 3.63) is 52.2 Å². The van der Waals surface area contributed by atoms with Gasteiger partial charge in [-0.25, -0.2) is 0 Å². The van der Waals surface area contributed by atoms with Crippen molar-refractivity contribution >= 4 is 17.2 Å². The van der Waals surface area contributed by atoms with E-state index in [2.05, 4.69) is 27.0 Å². The number of hydrogen-bond acceptors (Lipinski definition) is 4. The van der Waals surface area contributed by atoms with Crippen LogP contribution in [0.2, 0.25) is 0 Å². The Morgan fingerprint density at radius 1 is 1.30 bits per heavy atom. The molecule has 102 valence electrons. The highest BCUT2D eigenvalue weighted by Gasteiger charge is 2.49. The second kappa shape index (κ2) is 4.33. The maximum absolute atomic E-state index is 12.1. The number of fused-ring (bicyclic) bond motifs is 1. The van der Waals surface area contributed by atoms with Crippen LogP contribution in [-0.2, 0) is 6.54 Å². The van der Waals surface area contributed by atoms with E-state index in [4.69, 9.17) is 4.74 Å². The maximum Gasteiger partial charge on any atom is 0.258 e. The maximum atomic E-state index is 12.1. The Kier molecular flexibility index (Phi) is 2.58. The van der Waals surface area contributed by atoms with Gasteiger partial charge in [-0.2, -0.15) is 11.3 Å². The zero-order valence-electron chi connectivity index (χ0n) is 10.8. The topological polar surface area (TPSA) is 41.6 Å². The molecule has 2 aromatic rings. The van der Waals surface area contributed by atoms with Gasteiger partial charge in [0.1, 0.15) is 5.75 Å². The molecule has 2 aliphatic heterocycles. The Morgan fingerprint density at radius 2 is 2.15 bits per heavy atom. The molecule has 1 saturated heterocycles. The van der Waals surface area contributed by atoms with Gasteiger partial charge in [-0.1, -0.05) is 12.1 Å². The molecular weight excluding hydrogens is 272 g/mol. The minimum absolute atomic E-state index is 0.0398. The molecule has 5 heteroatoms. The summed E-state index contributed by atoms with van der Waals surface area (Å²) in [4.78, 5) is 14.4. The van der Waals surface area contributed by atoms with Crippen molar-refractivity contribution in [2.24, 2.45) is 0 Å². The standard InChI is InChI=1S/C15H14N2O2S/c18-14-12-3-1-2-4-13(12)19-15(16-14)9-17(10-15)7-11-5-6-20-8-11/h1-6,8H,7,9-10H2,(H,16,18). The van der Waals surface area contributed by atoms with E-state index in [9.17, 15) is 4.79 Å². The molecule has 3 heterocycles. The lowest BCUT2D eigenvalue weighted by molar-refractivity contribution is -0.102. The number of rotatable bonds is 2. The first-order chi connectivity index (χ1) is 9.74. The zero-order chi connectivity index (χ0) is 13.6. The number of likely N-dealkylation sites (tertiary alicyclic amines) is 1. The fourth-order valence-corrected chi connectivity index (χ4v) is 3.49. The minimum atomic E-state index is -0.540. The van der Waals surface area contributed by atoms with Gasteiger partial charge in [0.15, 0.2) is 0 Å². The molecule has 4 rings (SSSR count). The largest absolute Gasteiger partial charge is 0.464 e. The van der Waals surface area contributed by atoms with Gasteiger partial charge in [-0.15, -0.1) is 0 Å². The van der Waals surface area contributed by atoms with Crippen molar-refractivity contribution in [1.82, 2.24) is 10.2 Å². The van der Waals surface area contributed by atoms with E-state index < -0.39 is 5.72 Å². The summed E-state index contributed by atoms with van der Waals surface area (Å²) >= 11 is 1.71. The Labute approximate surface area is 121 Å². The molecule has 0 bridgehead atoms. The van der Waals surface area contributed by atoms with Gasteiger partial charge in [0.2, 0.25) is 5.72 Å². The van der Waals surface area contributed by atoms with Gasteiger partial charge in [0.25, 0.3) is 5.91 Å². The Balaban J connectivity index is 1.48. The summed E-state index contributed by atoms with van der Waals surface area (Å²) < 4.78 is 6.00. The number of amides is 1. The molecule has 4 nitrogen and oxygen atoms in total. The van der Waals surface area contributed by atoms with Gasteiger partial charge >= 0.3 is 0 Å². The van der Waals surface area contributed by atoms with Crippen LogP contribution in [0.1, 0.15) is 15.9 Å². The number of nitrogens with one attached hydrogen (secondary N) is 1. The van der Waals surface area contributed by atoms with Crippen LogP contribution in [0.3, 0.4) is 0 Å². The number of carbonyl (C=O) groups excluding carboxylic acids is 1. The average Bonchev–Trinajstić information content (AvgIpc) is 2.90. The van der Waals surface area contributed by atoms with Crippen LogP contribution in [-0.4, -0.2) is 29.6 Å².